The Morgan fingerprint density at radius 1 is 1.69 bits per heavy atom. The summed E-state index contributed by atoms with van der Waals surface area (Å²) in [7, 11) is 0. The van der Waals surface area contributed by atoms with Gasteiger partial charge in [-0.05, 0) is 34.5 Å². The Labute approximate surface area is 101 Å². The molecule has 0 radical (unpaired) electrons. The second-order valence-corrected chi connectivity index (χ2v) is 5.37. The van der Waals surface area contributed by atoms with Crippen molar-refractivity contribution in [3.05, 3.63) is 25.3 Å². The minimum absolute atomic E-state index is 0.587. The molecule has 0 aliphatic rings. The molecular weight excluding hydrogens is 291 g/mol. The standard InChI is InChI=1S/C9H9BrCl2S/c1-2-6(5-11)3-7-4-8(10)9(12)13-7/h3-4H,2,5H2,1H3/b6-3+. The second-order valence-electron chi connectivity index (χ2n) is 2.56. The molecular formula is C9H9BrCl2S. The number of thiophene rings is 1. The van der Waals surface area contributed by atoms with E-state index in [1.807, 2.05) is 6.07 Å². The van der Waals surface area contributed by atoms with Gasteiger partial charge in [0.1, 0.15) is 4.34 Å². The minimum atomic E-state index is 0.587. The van der Waals surface area contributed by atoms with E-state index in [1.54, 1.807) is 11.3 Å². The Morgan fingerprint density at radius 2 is 2.38 bits per heavy atom. The van der Waals surface area contributed by atoms with E-state index in [4.69, 9.17) is 23.2 Å². The van der Waals surface area contributed by atoms with Gasteiger partial charge >= 0.3 is 0 Å². The van der Waals surface area contributed by atoms with Crippen molar-refractivity contribution in [2.24, 2.45) is 0 Å². The average Bonchev–Trinajstić information content (AvgIpc) is 2.42. The maximum absolute atomic E-state index is 5.91. The zero-order chi connectivity index (χ0) is 9.84. The van der Waals surface area contributed by atoms with Gasteiger partial charge in [-0.15, -0.1) is 22.9 Å². The van der Waals surface area contributed by atoms with E-state index in [0.29, 0.717) is 5.88 Å². The molecule has 1 rings (SSSR count). The van der Waals surface area contributed by atoms with Gasteiger partial charge in [-0.2, -0.15) is 0 Å². The molecule has 0 spiro atoms. The Hall–Kier alpha value is 0.500. The van der Waals surface area contributed by atoms with E-state index in [1.165, 1.54) is 5.57 Å². The van der Waals surface area contributed by atoms with Crippen LogP contribution in [0.15, 0.2) is 16.1 Å². The summed E-state index contributed by atoms with van der Waals surface area (Å²) in [5, 5.41) is 0. The molecule has 0 bridgehead atoms. The van der Waals surface area contributed by atoms with Crippen molar-refractivity contribution in [3.8, 4) is 0 Å². The molecule has 0 aliphatic heterocycles. The van der Waals surface area contributed by atoms with Crippen LogP contribution in [-0.4, -0.2) is 5.88 Å². The molecule has 4 heteroatoms. The van der Waals surface area contributed by atoms with Crippen molar-refractivity contribution in [2.75, 3.05) is 5.88 Å². The number of hydrogen-bond donors (Lipinski definition) is 0. The van der Waals surface area contributed by atoms with Crippen molar-refractivity contribution in [1.82, 2.24) is 0 Å². The van der Waals surface area contributed by atoms with E-state index in [-0.39, 0.29) is 0 Å². The molecule has 0 saturated carbocycles. The first-order chi connectivity index (χ1) is 6.17. The summed E-state index contributed by atoms with van der Waals surface area (Å²) in [6.45, 7) is 2.10. The van der Waals surface area contributed by atoms with Gasteiger partial charge < -0.3 is 0 Å². The smallest absolute Gasteiger partial charge is 0.108 e. The van der Waals surface area contributed by atoms with Crippen LogP contribution in [0.3, 0.4) is 0 Å². The quantitative estimate of drug-likeness (QED) is 0.673. The molecule has 13 heavy (non-hydrogen) atoms. The molecule has 0 amide bonds. The van der Waals surface area contributed by atoms with Crippen molar-refractivity contribution < 1.29 is 0 Å². The maximum atomic E-state index is 5.91. The average molecular weight is 300 g/mol. The van der Waals surface area contributed by atoms with Gasteiger partial charge in [0.25, 0.3) is 0 Å². The molecule has 0 unspecified atom stereocenters. The second kappa shape index (κ2) is 5.40. The lowest BCUT2D eigenvalue weighted by molar-refractivity contribution is 1.12. The predicted octanol–water partition coefficient (Wildman–Crippen LogP) is 5.20. The Kier molecular flexibility index (Phi) is 4.81. The van der Waals surface area contributed by atoms with Crippen LogP contribution in [0, 0.1) is 0 Å². The van der Waals surface area contributed by atoms with Gasteiger partial charge in [0.05, 0.1) is 0 Å². The molecule has 0 nitrogen and oxygen atoms in total. The lowest BCUT2D eigenvalue weighted by Gasteiger charge is -1.95. The van der Waals surface area contributed by atoms with Crippen LogP contribution in [0.5, 0.6) is 0 Å². The first-order valence-corrected chi connectivity index (χ1v) is 6.39. The molecule has 1 heterocycles. The first kappa shape index (κ1) is 11.6. The summed E-state index contributed by atoms with van der Waals surface area (Å²) >= 11 is 16.6. The lowest BCUT2D eigenvalue weighted by atomic mass is 10.2. The van der Waals surface area contributed by atoms with Crippen LogP contribution in [0.2, 0.25) is 4.34 Å². The number of halogens is 3. The normalized spacial score (nSPS) is 12.2. The van der Waals surface area contributed by atoms with E-state index >= 15 is 0 Å². The number of hydrogen-bond acceptors (Lipinski definition) is 1. The largest absolute Gasteiger partial charge is 0.123 e. The molecule has 0 aromatic carbocycles. The highest BCUT2D eigenvalue weighted by Crippen LogP contribution is 2.33. The predicted molar refractivity (Wildman–Crippen MR) is 66.0 cm³/mol. The van der Waals surface area contributed by atoms with E-state index in [2.05, 4.69) is 28.9 Å². The van der Waals surface area contributed by atoms with Gasteiger partial charge in [-0.25, -0.2) is 0 Å². The molecule has 0 atom stereocenters. The van der Waals surface area contributed by atoms with Crippen LogP contribution in [0.25, 0.3) is 6.08 Å². The van der Waals surface area contributed by atoms with Crippen LogP contribution in [0.1, 0.15) is 18.2 Å². The van der Waals surface area contributed by atoms with Gasteiger partial charge in [0.15, 0.2) is 0 Å². The monoisotopic (exact) mass is 298 g/mol. The third kappa shape index (κ3) is 3.28. The zero-order valence-electron chi connectivity index (χ0n) is 7.11. The van der Waals surface area contributed by atoms with Gasteiger partial charge in [0, 0.05) is 15.2 Å². The Bertz CT molecular complexity index is 292. The SMILES string of the molecule is CC/C(=C\c1cc(Br)c(Cl)s1)CCl. The highest BCUT2D eigenvalue weighted by atomic mass is 79.9. The molecule has 0 saturated heterocycles. The van der Waals surface area contributed by atoms with Crippen LogP contribution in [0.4, 0.5) is 0 Å². The summed E-state index contributed by atoms with van der Waals surface area (Å²) < 4.78 is 1.74. The van der Waals surface area contributed by atoms with E-state index < -0.39 is 0 Å². The summed E-state index contributed by atoms with van der Waals surface area (Å²) in [6.07, 6.45) is 3.07. The Morgan fingerprint density at radius 3 is 2.77 bits per heavy atom. The van der Waals surface area contributed by atoms with Gasteiger partial charge in [-0.3, -0.25) is 0 Å². The molecule has 0 fully saturated rings. The topological polar surface area (TPSA) is 0 Å². The van der Waals surface area contributed by atoms with Crippen molar-refractivity contribution in [2.45, 2.75) is 13.3 Å². The zero-order valence-corrected chi connectivity index (χ0v) is 11.0. The first-order valence-electron chi connectivity index (χ1n) is 3.87. The minimum Gasteiger partial charge on any atom is -0.123 e. The summed E-state index contributed by atoms with van der Waals surface area (Å²) in [5.74, 6) is 0.587. The third-order valence-electron chi connectivity index (χ3n) is 1.64. The molecule has 1 aromatic rings. The molecule has 0 N–H and O–H groups in total. The van der Waals surface area contributed by atoms with Crippen LogP contribution in [-0.2, 0) is 0 Å². The Balaban J connectivity index is 2.89. The lowest BCUT2D eigenvalue weighted by Crippen LogP contribution is -1.79. The summed E-state index contributed by atoms with van der Waals surface area (Å²) in [5.41, 5.74) is 1.23. The highest BCUT2D eigenvalue weighted by Gasteiger charge is 2.02. The number of rotatable bonds is 3. The van der Waals surface area contributed by atoms with Crippen molar-refractivity contribution in [1.29, 1.82) is 0 Å². The fourth-order valence-electron chi connectivity index (χ4n) is 0.871. The fourth-order valence-corrected chi connectivity index (χ4v) is 2.87. The molecule has 1 aromatic heterocycles. The summed E-state index contributed by atoms with van der Waals surface area (Å²) in [6, 6.07) is 2.01. The number of alkyl halides is 1. The highest BCUT2D eigenvalue weighted by molar-refractivity contribution is 9.10. The van der Waals surface area contributed by atoms with Gasteiger partial charge in [-0.1, -0.05) is 24.1 Å². The van der Waals surface area contributed by atoms with Crippen molar-refractivity contribution in [3.63, 3.8) is 0 Å². The van der Waals surface area contributed by atoms with E-state index in [0.717, 1.165) is 20.1 Å². The van der Waals surface area contributed by atoms with Crippen LogP contribution >= 0.6 is 50.5 Å². The third-order valence-corrected chi connectivity index (χ3v) is 4.40. The molecule has 72 valence electrons. The van der Waals surface area contributed by atoms with E-state index in [9.17, 15) is 0 Å². The van der Waals surface area contributed by atoms with Crippen molar-refractivity contribution >= 4 is 56.5 Å². The van der Waals surface area contributed by atoms with Gasteiger partial charge in [0.2, 0.25) is 0 Å². The summed E-state index contributed by atoms with van der Waals surface area (Å²) in [4.78, 5) is 1.15. The fraction of sp³-hybridized carbons (Fsp3) is 0.333. The van der Waals surface area contributed by atoms with Crippen LogP contribution < -0.4 is 0 Å². The molecule has 0 aliphatic carbocycles. The number of allylic oxidation sites excluding steroid dienone is 1. The maximum Gasteiger partial charge on any atom is 0.108 e.